The normalized spacial score (nSPS) is 13.6. The molecule has 0 spiro atoms. The van der Waals surface area contributed by atoms with E-state index < -0.39 is 9.84 Å². The first kappa shape index (κ1) is 15.6. The van der Waals surface area contributed by atoms with Crippen molar-refractivity contribution in [2.75, 3.05) is 12.0 Å². The van der Waals surface area contributed by atoms with Crippen LogP contribution in [0.25, 0.3) is 0 Å². The van der Waals surface area contributed by atoms with Gasteiger partial charge in [0, 0.05) is 16.8 Å². The minimum atomic E-state index is -2.97. The van der Waals surface area contributed by atoms with E-state index in [0.29, 0.717) is 6.42 Å². The van der Waals surface area contributed by atoms with Crippen molar-refractivity contribution >= 4 is 25.8 Å². The predicted molar refractivity (Wildman–Crippen MR) is 78.0 cm³/mol. The van der Waals surface area contributed by atoms with Crippen molar-refractivity contribution in [3.05, 3.63) is 33.3 Å². The lowest BCUT2D eigenvalue weighted by Crippen LogP contribution is -2.29. The zero-order valence-corrected chi connectivity index (χ0v) is 13.2. The molecule has 0 aromatic heterocycles. The summed E-state index contributed by atoms with van der Waals surface area (Å²) >= 11 is 3.51. The third-order valence-electron chi connectivity index (χ3n) is 2.84. The molecule has 1 rings (SSSR count). The first-order valence-corrected chi connectivity index (χ1v) is 8.50. The Hall–Kier alpha value is -0.430. The molecular formula is C12H19BrN2O2S. The minimum absolute atomic E-state index is 0.121. The van der Waals surface area contributed by atoms with E-state index in [2.05, 4.69) is 21.4 Å². The van der Waals surface area contributed by atoms with E-state index in [1.54, 1.807) is 0 Å². The summed E-state index contributed by atoms with van der Waals surface area (Å²) < 4.78 is 23.5. The van der Waals surface area contributed by atoms with E-state index in [9.17, 15) is 8.42 Å². The topological polar surface area (TPSA) is 72.2 Å². The van der Waals surface area contributed by atoms with Crippen LogP contribution in [0.4, 0.5) is 0 Å². The molecule has 102 valence electrons. The Kier molecular flexibility index (Phi) is 5.33. The van der Waals surface area contributed by atoms with E-state index in [-0.39, 0.29) is 11.8 Å². The van der Waals surface area contributed by atoms with Crippen molar-refractivity contribution in [3.8, 4) is 0 Å². The molecule has 0 saturated carbocycles. The van der Waals surface area contributed by atoms with Gasteiger partial charge in [-0.15, -0.1) is 0 Å². The molecule has 0 heterocycles. The number of hydrogen-bond acceptors (Lipinski definition) is 4. The smallest absolute Gasteiger partial charge is 0.147 e. The van der Waals surface area contributed by atoms with Crippen LogP contribution in [0.3, 0.4) is 0 Å². The van der Waals surface area contributed by atoms with Gasteiger partial charge in [-0.2, -0.15) is 0 Å². The molecule has 1 unspecified atom stereocenters. The fourth-order valence-electron chi connectivity index (χ4n) is 1.86. The molecule has 1 aromatic rings. The van der Waals surface area contributed by atoms with E-state index in [4.69, 9.17) is 5.84 Å². The van der Waals surface area contributed by atoms with Crippen molar-refractivity contribution in [1.29, 1.82) is 0 Å². The highest BCUT2D eigenvalue weighted by Gasteiger charge is 2.14. The van der Waals surface area contributed by atoms with Crippen molar-refractivity contribution in [2.24, 2.45) is 5.84 Å². The predicted octanol–water partition coefficient (Wildman–Crippen LogP) is 2.01. The first-order chi connectivity index (χ1) is 8.24. The van der Waals surface area contributed by atoms with Crippen LogP contribution in [0.5, 0.6) is 0 Å². The molecule has 0 saturated heterocycles. The van der Waals surface area contributed by atoms with Gasteiger partial charge in [0.15, 0.2) is 0 Å². The number of nitrogens with two attached hydrogens (primary N) is 1. The number of hydrogen-bond donors (Lipinski definition) is 2. The van der Waals surface area contributed by atoms with Crippen LogP contribution in [0.1, 0.15) is 29.2 Å². The second-order valence-corrected chi connectivity index (χ2v) is 7.66. The summed E-state index contributed by atoms with van der Waals surface area (Å²) in [6.45, 7) is 4.01. The van der Waals surface area contributed by atoms with Gasteiger partial charge in [0.05, 0.1) is 5.75 Å². The average Bonchev–Trinajstić information content (AvgIpc) is 2.25. The SMILES string of the molecule is Cc1cc(C(CCS(C)(=O)=O)NN)cc(C)c1Br. The van der Waals surface area contributed by atoms with E-state index in [0.717, 1.165) is 21.2 Å². The lowest BCUT2D eigenvalue weighted by molar-refractivity contribution is 0.530. The highest BCUT2D eigenvalue weighted by atomic mass is 79.9. The second-order valence-electron chi connectivity index (χ2n) is 4.61. The average molecular weight is 335 g/mol. The largest absolute Gasteiger partial charge is 0.271 e. The summed E-state index contributed by atoms with van der Waals surface area (Å²) in [4.78, 5) is 0. The van der Waals surface area contributed by atoms with Gasteiger partial charge in [-0.25, -0.2) is 8.42 Å². The zero-order chi connectivity index (χ0) is 13.9. The Bertz CT molecular complexity index is 506. The highest BCUT2D eigenvalue weighted by Crippen LogP contribution is 2.26. The highest BCUT2D eigenvalue weighted by molar-refractivity contribution is 9.10. The summed E-state index contributed by atoms with van der Waals surface area (Å²) in [5.74, 6) is 5.64. The van der Waals surface area contributed by atoms with Gasteiger partial charge in [0.2, 0.25) is 0 Å². The van der Waals surface area contributed by atoms with E-state index >= 15 is 0 Å². The summed E-state index contributed by atoms with van der Waals surface area (Å²) in [6.07, 6.45) is 1.70. The van der Waals surface area contributed by atoms with Gasteiger partial charge < -0.3 is 0 Å². The molecule has 1 aromatic carbocycles. The number of halogens is 1. The maximum Gasteiger partial charge on any atom is 0.147 e. The van der Waals surface area contributed by atoms with Gasteiger partial charge in [-0.3, -0.25) is 11.3 Å². The Morgan fingerprint density at radius 2 is 1.83 bits per heavy atom. The number of benzene rings is 1. The van der Waals surface area contributed by atoms with Crippen molar-refractivity contribution in [2.45, 2.75) is 26.3 Å². The van der Waals surface area contributed by atoms with Crippen LogP contribution < -0.4 is 11.3 Å². The summed E-state index contributed by atoms with van der Waals surface area (Å²) in [5.41, 5.74) is 5.93. The van der Waals surface area contributed by atoms with E-state index in [1.807, 2.05) is 26.0 Å². The number of sulfone groups is 1. The molecule has 0 aliphatic carbocycles. The fourth-order valence-corrected chi connectivity index (χ4v) is 2.75. The van der Waals surface area contributed by atoms with Gasteiger partial charge in [-0.05, 0) is 37.0 Å². The Balaban J connectivity index is 2.96. The summed E-state index contributed by atoms with van der Waals surface area (Å²) in [7, 11) is -2.97. The Morgan fingerprint density at radius 1 is 1.33 bits per heavy atom. The lowest BCUT2D eigenvalue weighted by atomic mass is 10.0. The number of rotatable bonds is 5. The van der Waals surface area contributed by atoms with E-state index in [1.165, 1.54) is 6.26 Å². The monoisotopic (exact) mass is 334 g/mol. The molecule has 0 bridgehead atoms. The van der Waals surface area contributed by atoms with Gasteiger partial charge in [0.1, 0.15) is 9.84 Å². The van der Waals surface area contributed by atoms with Crippen LogP contribution in [0.2, 0.25) is 0 Å². The lowest BCUT2D eigenvalue weighted by Gasteiger charge is -2.18. The molecule has 0 amide bonds. The zero-order valence-electron chi connectivity index (χ0n) is 10.8. The Labute approximate surface area is 117 Å². The third kappa shape index (κ3) is 4.35. The van der Waals surface area contributed by atoms with Crippen LogP contribution in [0.15, 0.2) is 16.6 Å². The van der Waals surface area contributed by atoms with Crippen LogP contribution in [-0.4, -0.2) is 20.4 Å². The van der Waals surface area contributed by atoms with Gasteiger partial charge in [-0.1, -0.05) is 28.1 Å². The van der Waals surface area contributed by atoms with Crippen LogP contribution in [0, 0.1) is 13.8 Å². The molecule has 1 atom stereocenters. The minimum Gasteiger partial charge on any atom is -0.271 e. The molecule has 6 heteroatoms. The second kappa shape index (κ2) is 6.14. The van der Waals surface area contributed by atoms with Gasteiger partial charge in [0.25, 0.3) is 0 Å². The first-order valence-electron chi connectivity index (χ1n) is 5.65. The maximum atomic E-state index is 11.2. The number of nitrogens with one attached hydrogen (secondary N) is 1. The van der Waals surface area contributed by atoms with Crippen LogP contribution >= 0.6 is 15.9 Å². The summed E-state index contributed by atoms with van der Waals surface area (Å²) in [6, 6.07) is 3.89. The molecule has 4 nitrogen and oxygen atoms in total. The molecule has 0 radical (unpaired) electrons. The van der Waals surface area contributed by atoms with Crippen LogP contribution in [-0.2, 0) is 9.84 Å². The molecular weight excluding hydrogens is 316 g/mol. The van der Waals surface area contributed by atoms with Crippen molar-refractivity contribution < 1.29 is 8.42 Å². The number of aryl methyl sites for hydroxylation is 2. The van der Waals surface area contributed by atoms with Crippen molar-refractivity contribution in [3.63, 3.8) is 0 Å². The molecule has 0 fully saturated rings. The summed E-state index contributed by atoms with van der Waals surface area (Å²) in [5, 5.41) is 0. The third-order valence-corrected chi connectivity index (χ3v) is 5.07. The molecule has 3 N–H and O–H groups in total. The number of hydrazine groups is 1. The van der Waals surface area contributed by atoms with Crippen molar-refractivity contribution in [1.82, 2.24) is 5.43 Å². The maximum absolute atomic E-state index is 11.2. The molecule has 0 aliphatic rings. The Morgan fingerprint density at radius 3 is 2.22 bits per heavy atom. The molecule has 18 heavy (non-hydrogen) atoms. The fraction of sp³-hybridized carbons (Fsp3) is 0.500. The van der Waals surface area contributed by atoms with Gasteiger partial charge >= 0.3 is 0 Å². The molecule has 0 aliphatic heterocycles. The standard InChI is InChI=1S/C12H19BrN2O2S/c1-8-6-10(7-9(2)12(8)13)11(15-14)4-5-18(3,16)17/h6-7,11,15H,4-5,14H2,1-3H3. The quantitative estimate of drug-likeness (QED) is 0.638.